The number of nitrogens with one attached hydrogen (secondary N) is 1. The molecule has 1 atom stereocenters. The molecule has 0 aromatic carbocycles. The largest absolute Gasteiger partial charge is 0.480 e. The molecular weight excluding hydrogens is 316 g/mol. The Bertz CT molecular complexity index is 335. The maximum absolute atomic E-state index is 11.7. The maximum atomic E-state index is 11.7. The number of hydrogen-bond donors (Lipinski definition) is 3. The molecule has 0 rings (SSSR count). The zero-order valence-corrected chi connectivity index (χ0v) is 16.2. The average Bonchev–Trinajstić information content (AvgIpc) is 2.59. The number of carboxylic acid groups (broad SMARTS) is 1. The molecule has 0 aliphatic rings. The number of unbranched alkanes of at least 4 members (excludes halogenated alkanes) is 11. The standard InChI is InChI=1S/C20H40N2O3/c1-2-3-4-5-6-7-8-9-10-11-12-16-19(23)22-17-14-13-15-18(21)20(24)25/h18H,2-17,21H2,1H3,(H,22,23)(H,24,25)/t18-/m0/s1. The number of rotatable bonds is 18. The Kier molecular flexibility index (Phi) is 16.9. The second kappa shape index (κ2) is 17.7. The van der Waals surface area contributed by atoms with E-state index in [1.165, 1.54) is 57.8 Å². The fraction of sp³-hybridized carbons (Fsp3) is 0.900. The second-order valence-corrected chi connectivity index (χ2v) is 7.08. The summed E-state index contributed by atoms with van der Waals surface area (Å²) in [6.07, 6.45) is 16.7. The molecular formula is C20H40N2O3. The summed E-state index contributed by atoms with van der Waals surface area (Å²) < 4.78 is 0. The predicted octanol–water partition coefficient (Wildman–Crippen LogP) is 4.39. The van der Waals surface area contributed by atoms with E-state index in [1.54, 1.807) is 0 Å². The minimum Gasteiger partial charge on any atom is -0.480 e. The summed E-state index contributed by atoms with van der Waals surface area (Å²) in [5, 5.41) is 11.6. The number of aliphatic carboxylic acids is 1. The number of amides is 1. The summed E-state index contributed by atoms with van der Waals surface area (Å²) in [7, 11) is 0. The molecule has 5 nitrogen and oxygen atoms in total. The van der Waals surface area contributed by atoms with Gasteiger partial charge in [0.1, 0.15) is 6.04 Å². The molecule has 0 unspecified atom stereocenters. The van der Waals surface area contributed by atoms with Gasteiger partial charge in [-0.2, -0.15) is 0 Å². The molecule has 0 aromatic rings. The van der Waals surface area contributed by atoms with Crippen LogP contribution in [-0.4, -0.2) is 29.6 Å². The Labute approximate surface area is 154 Å². The Morgan fingerprint density at radius 2 is 1.36 bits per heavy atom. The van der Waals surface area contributed by atoms with Crippen molar-refractivity contribution in [3.8, 4) is 0 Å². The van der Waals surface area contributed by atoms with Gasteiger partial charge in [0, 0.05) is 13.0 Å². The zero-order chi connectivity index (χ0) is 18.8. The molecule has 0 fully saturated rings. The SMILES string of the molecule is CCCCCCCCCCCCCC(=O)NCCCC[C@H](N)C(=O)O. The quantitative estimate of drug-likeness (QED) is 0.318. The molecule has 1 amide bonds. The van der Waals surface area contributed by atoms with Crippen molar-refractivity contribution in [1.82, 2.24) is 5.32 Å². The normalized spacial score (nSPS) is 12.1. The van der Waals surface area contributed by atoms with Gasteiger partial charge in [-0.05, 0) is 25.7 Å². The first-order valence-corrected chi connectivity index (χ1v) is 10.3. The average molecular weight is 357 g/mol. The topological polar surface area (TPSA) is 92.4 Å². The molecule has 0 aromatic heterocycles. The second-order valence-electron chi connectivity index (χ2n) is 7.08. The van der Waals surface area contributed by atoms with Crippen LogP contribution >= 0.6 is 0 Å². The molecule has 0 aliphatic carbocycles. The fourth-order valence-corrected chi connectivity index (χ4v) is 2.88. The fourth-order valence-electron chi connectivity index (χ4n) is 2.88. The van der Waals surface area contributed by atoms with Crippen molar-refractivity contribution < 1.29 is 14.7 Å². The van der Waals surface area contributed by atoms with E-state index in [4.69, 9.17) is 10.8 Å². The molecule has 0 bridgehead atoms. The van der Waals surface area contributed by atoms with Crippen LogP contribution < -0.4 is 11.1 Å². The smallest absolute Gasteiger partial charge is 0.320 e. The first-order valence-electron chi connectivity index (χ1n) is 10.3. The summed E-state index contributed by atoms with van der Waals surface area (Å²) in [5.74, 6) is -0.848. The van der Waals surface area contributed by atoms with E-state index >= 15 is 0 Å². The van der Waals surface area contributed by atoms with Crippen LogP contribution in [0, 0.1) is 0 Å². The highest BCUT2D eigenvalue weighted by Crippen LogP contribution is 2.11. The van der Waals surface area contributed by atoms with Gasteiger partial charge >= 0.3 is 5.97 Å². The Balaban J connectivity index is 3.24. The van der Waals surface area contributed by atoms with Crippen LogP contribution in [0.25, 0.3) is 0 Å². The van der Waals surface area contributed by atoms with Crippen LogP contribution in [0.1, 0.15) is 103 Å². The number of carboxylic acids is 1. The lowest BCUT2D eigenvalue weighted by Gasteiger charge is -2.07. The van der Waals surface area contributed by atoms with E-state index in [0.717, 1.165) is 25.7 Å². The summed E-state index contributed by atoms with van der Waals surface area (Å²) in [6.45, 7) is 2.86. The minimum atomic E-state index is -0.958. The van der Waals surface area contributed by atoms with E-state index in [2.05, 4.69) is 12.2 Å². The highest BCUT2D eigenvalue weighted by molar-refractivity contribution is 5.75. The molecule has 25 heavy (non-hydrogen) atoms. The van der Waals surface area contributed by atoms with Gasteiger partial charge in [-0.15, -0.1) is 0 Å². The Hall–Kier alpha value is -1.10. The lowest BCUT2D eigenvalue weighted by molar-refractivity contribution is -0.138. The van der Waals surface area contributed by atoms with Crippen LogP contribution in [0.3, 0.4) is 0 Å². The Morgan fingerprint density at radius 3 is 1.88 bits per heavy atom. The van der Waals surface area contributed by atoms with Crippen LogP contribution in [-0.2, 0) is 9.59 Å². The van der Waals surface area contributed by atoms with E-state index < -0.39 is 12.0 Å². The summed E-state index contributed by atoms with van der Waals surface area (Å²) >= 11 is 0. The van der Waals surface area contributed by atoms with E-state index in [-0.39, 0.29) is 5.91 Å². The highest BCUT2D eigenvalue weighted by Gasteiger charge is 2.10. The molecule has 0 heterocycles. The molecule has 0 spiro atoms. The van der Waals surface area contributed by atoms with E-state index in [9.17, 15) is 9.59 Å². The van der Waals surface area contributed by atoms with Crippen molar-refractivity contribution in [2.75, 3.05) is 6.54 Å². The first-order chi connectivity index (χ1) is 12.1. The summed E-state index contributed by atoms with van der Waals surface area (Å²) in [4.78, 5) is 22.2. The van der Waals surface area contributed by atoms with Crippen molar-refractivity contribution in [2.24, 2.45) is 5.73 Å². The van der Waals surface area contributed by atoms with Gasteiger partial charge in [0.15, 0.2) is 0 Å². The lowest BCUT2D eigenvalue weighted by atomic mass is 10.1. The molecule has 148 valence electrons. The van der Waals surface area contributed by atoms with Crippen molar-refractivity contribution in [2.45, 2.75) is 109 Å². The highest BCUT2D eigenvalue weighted by atomic mass is 16.4. The van der Waals surface area contributed by atoms with Gasteiger partial charge in [-0.25, -0.2) is 0 Å². The van der Waals surface area contributed by atoms with Crippen molar-refractivity contribution >= 4 is 11.9 Å². The maximum Gasteiger partial charge on any atom is 0.320 e. The molecule has 4 N–H and O–H groups in total. The number of carbonyl (C=O) groups is 2. The third-order valence-electron chi connectivity index (χ3n) is 4.59. The molecule has 0 saturated heterocycles. The molecule has 0 aliphatic heterocycles. The van der Waals surface area contributed by atoms with Crippen LogP contribution in [0.4, 0.5) is 0 Å². The number of carbonyl (C=O) groups excluding carboxylic acids is 1. The van der Waals surface area contributed by atoms with Crippen molar-refractivity contribution in [1.29, 1.82) is 0 Å². The van der Waals surface area contributed by atoms with E-state index in [0.29, 0.717) is 19.4 Å². The molecule has 5 heteroatoms. The van der Waals surface area contributed by atoms with Crippen LogP contribution in [0.5, 0.6) is 0 Å². The minimum absolute atomic E-state index is 0.110. The monoisotopic (exact) mass is 356 g/mol. The number of hydrogen-bond acceptors (Lipinski definition) is 3. The summed E-state index contributed by atoms with van der Waals surface area (Å²) in [5.41, 5.74) is 5.42. The first kappa shape index (κ1) is 23.9. The van der Waals surface area contributed by atoms with E-state index in [1.807, 2.05) is 0 Å². The molecule has 0 saturated carbocycles. The van der Waals surface area contributed by atoms with Crippen molar-refractivity contribution in [3.63, 3.8) is 0 Å². The van der Waals surface area contributed by atoms with Gasteiger partial charge in [0.05, 0.1) is 0 Å². The van der Waals surface area contributed by atoms with Crippen LogP contribution in [0.15, 0.2) is 0 Å². The van der Waals surface area contributed by atoms with Gasteiger partial charge in [0.2, 0.25) is 5.91 Å². The van der Waals surface area contributed by atoms with Gasteiger partial charge < -0.3 is 16.2 Å². The zero-order valence-electron chi connectivity index (χ0n) is 16.2. The van der Waals surface area contributed by atoms with Gasteiger partial charge in [0.25, 0.3) is 0 Å². The lowest BCUT2D eigenvalue weighted by Crippen LogP contribution is -2.30. The van der Waals surface area contributed by atoms with Gasteiger partial charge in [-0.1, -0.05) is 71.1 Å². The van der Waals surface area contributed by atoms with Crippen molar-refractivity contribution in [3.05, 3.63) is 0 Å². The van der Waals surface area contributed by atoms with Gasteiger partial charge in [-0.3, -0.25) is 9.59 Å². The molecule has 0 radical (unpaired) electrons. The van der Waals surface area contributed by atoms with Crippen LogP contribution in [0.2, 0.25) is 0 Å². The third-order valence-corrected chi connectivity index (χ3v) is 4.59. The predicted molar refractivity (Wildman–Crippen MR) is 104 cm³/mol. The third kappa shape index (κ3) is 17.5. The Morgan fingerprint density at radius 1 is 0.840 bits per heavy atom. The number of nitrogens with two attached hydrogens (primary N) is 1. The summed E-state index contributed by atoms with van der Waals surface area (Å²) in [6, 6.07) is -0.785.